The van der Waals surface area contributed by atoms with Crippen molar-refractivity contribution in [3.8, 4) is 0 Å². The Morgan fingerprint density at radius 1 is 1.08 bits per heavy atom. The Bertz CT molecular complexity index is 1220. The Kier molecular flexibility index (Phi) is 10.2. The van der Waals surface area contributed by atoms with Crippen molar-refractivity contribution in [2.75, 3.05) is 11.1 Å². The predicted molar refractivity (Wildman–Crippen MR) is 143 cm³/mol. The van der Waals surface area contributed by atoms with Crippen molar-refractivity contribution in [1.29, 1.82) is 0 Å². The fourth-order valence-electron chi connectivity index (χ4n) is 3.98. The number of hydrogen-bond donors (Lipinski definition) is 4. The van der Waals surface area contributed by atoms with E-state index in [-0.39, 0.29) is 37.6 Å². The first-order chi connectivity index (χ1) is 18.4. The van der Waals surface area contributed by atoms with Crippen LogP contribution in [0.5, 0.6) is 0 Å². The number of nitrogens with zero attached hydrogens (tertiary/aromatic N) is 2. The van der Waals surface area contributed by atoms with Crippen molar-refractivity contribution in [3.05, 3.63) is 70.2 Å². The van der Waals surface area contributed by atoms with Crippen LogP contribution >= 0.6 is 23.1 Å². The van der Waals surface area contributed by atoms with Crippen LogP contribution in [0.3, 0.4) is 0 Å². The van der Waals surface area contributed by atoms with Crippen molar-refractivity contribution < 1.29 is 29.4 Å². The fourth-order valence-corrected chi connectivity index (χ4v) is 5.83. The topological polar surface area (TPSA) is 143 Å². The van der Waals surface area contributed by atoms with Crippen molar-refractivity contribution >= 4 is 40.6 Å². The molecule has 2 aromatic carbocycles. The van der Waals surface area contributed by atoms with E-state index in [1.165, 1.54) is 0 Å². The molecule has 0 radical (unpaired) electrons. The third-order valence-electron chi connectivity index (χ3n) is 5.89. The Balaban J connectivity index is 1.46. The number of rotatable bonds is 11. The highest BCUT2D eigenvalue weighted by atomic mass is 32.2. The summed E-state index contributed by atoms with van der Waals surface area (Å²) < 4.78 is 13.6. The minimum atomic E-state index is -0.655. The number of amides is 2. The monoisotopic (exact) mass is 558 g/mol. The number of ether oxygens (including phenoxy) is 2. The molecule has 2 heterocycles. The van der Waals surface area contributed by atoms with Crippen LogP contribution in [-0.4, -0.2) is 44.2 Å². The fraction of sp³-hybridized carbons (Fsp3) is 0.385. The lowest BCUT2D eigenvalue weighted by molar-refractivity contribution is -0.245. The maximum atomic E-state index is 12.3. The first-order valence-corrected chi connectivity index (χ1v) is 14.0. The molecule has 202 valence electrons. The zero-order valence-electron chi connectivity index (χ0n) is 20.8. The van der Waals surface area contributed by atoms with Crippen molar-refractivity contribution in [3.63, 3.8) is 0 Å². The lowest BCUT2D eigenvalue weighted by atomic mass is 10.0. The number of nitrogens with one attached hydrogen (secondary N) is 2. The minimum absolute atomic E-state index is 0.0226. The number of anilines is 1. The third kappa shape index (κ3) is 8.06. The number of aryl methyl sites for hydroxylation is 1. The molecule has 1 saturated heterocycles. The molecule has 0 spiro atoms. The van der Waals surface area contributed by atoms with Gasteiger partial charge in [0, 0.05) is 36.3 Å². The van der Waals surface area contributed by atoms with Gasteiger partial charge in [0.05, 0.1) is 18.8 Å². The number of aromatic nitrogens is 2. The molecule has 3 atom stereocenters. The van der Waals surface area contributed by atoms with E-state index in [0.29, 0.717) is 24.3 Å². The van der Waals surface area contributed by atoms with Crippen molar-refractivity contribution in [1.82, 2.24) is 15.7 Å². The highest BCUT2D eigenvalue weighted by Gasteiger charge is 2.32. The van der Waals surface area contributed by atoms with Gasteiger partial charge in [0.1, 0.15) is 5.01 Å². The second kappa shape index (κ2) is 13.8. The first-order valence-electron chi connectivity index (χ1n) is 12.2. The SMILES string of the molecule is Cc1nnc(SCC2CC(c3ccc(CO)cc3)OC(c3cccc(NC(=O)CCCC(=O)NO)c3)O2)s1. The summed E-state index contributed by atoms with van der Waals surface area (Å²) in [6, 6.07) is 15.0. The molecule has 4 N–H and O–H groups in total. The quantitative estimate of drug-likeness (QED) is 0.154. The standard InChI is InChI=1S/C26H30N4O6S2/c1-16-28-29-26(38-16)37-15-21-13-22(18-10-8-17(14-31)9-11-18)36-25(35-21)19-4-2-5-20(12-19)27-23(32)6-3-7-24(33)30-34/h2,4-5,8-12,21-22,25,31,34H,3,6-7,13-15H2,1H3,(H,27,32)(H,30,33). The van der Waals surface area contributed by atoms with Crippen LogP contribution in [0.4, 0.5) is 5.69 Å². The average Bonchev–Trinajstić information content (AvgIpc) is 3.36. The maximum Gasteiger partial charge on any atom is 0.243 e. The van der Waals surface area contributed by atoms with E-state index in [9.17, 15) is 14.7 Å². The van der Waals surface area contributed by atoms with Gasteiger partial charge >= 0.3 is 0 Å². The summed E-state index contributed by atoms with van der Waals surface area (Å²) in [7, 11) is 0. The molecule has 38 heavy (non-hydrogen) atoms. The lowest BCUT2D eigenvalue weighted by Gasteiger charge is -2.36. The van der Waals surface area contributed by atoms with Gasteiger partial charge in [-0.25, -0.2) is 5.48 Å². The van der Waals surface area contributed by atoms with Gasteiger partial charge in [-0.15, -0.1) is 10.2 Å². The number of benzene rings is 2. The number of thioether (sulfide) groups is 1. The molecular weight excluding hydrogens is 528 g/mol. The Hall–Kier alpha value is -2.87. The molecule has 0 aliphatic carbocycles. The van der Waals surface area contributed by atoms with E-state index in [1.807, 2.05) is 49.4 Å². The zero-order chi connectivity index (χ0) is 26.9. The lowest BCUT2D eigenvalue weighted by Crippen LogP contribution is -2.31. The highest BCUT2D eigenvalue weighted by Crippen LogP contribution is 2.40. The molecule has 1 aliphatic rings. The molecule has 1 aliphatic heterocycles. The molecule has 2 amide bonds. The molecule has 1 fully saturated rings. The van der Waals surface area contributed by atoms with E-state index < -0.39 is 12.2 Å². The van der Waals surface area contributed by atoms with E-state index in [4.69, 9.17) is 14.7 Å². The minimum Gasteiger partial charge on any atom is -0.392 e. The van der Waals surface area contributed by atoms with Gasteiger partial charge in [0.25, 0.3) is 0 Å². The van der Waals surface area contributed by atoms with Crippen LogP contribution in [0.25, 0.3) is 0 Å². The molecule has 3 aromatic rings. The summed E-state index contributed by atoms with van der Waals surface area (Å²) >= 11 is 3.15. The average molecular weight is 559 g/mol. The summed E-state index contributed by atoms with van der Waals surface area (Å²) in [5.74, 6) is -0.0832. The summed E-state index contributed by atoms with van der Waals surface area (Å²) in [6.07, 6.45) is 0.169. The number of hydroxylamine groups is 1. The summed E-state index contributed by atoms with van der Waals surface area (Å²) in [5, 5.41) is 30.0. The zero-order valence-corrected chi connectivity index (χ0v) is 22.5. The van der Waals surface area contributed by atoms with Gasteiger partial charge in [0.2, 0.25) is 11.8 Å². The third-order valence-corrected chi connectivity index (χ3v) is 7.99. The summed E-state index contributed by atoms with van der Waals surface area (Å²) in [5.41, 5.74) is 4.74. The second-order valence-electron chi connectivity index (χ2n) is 8.81. The van der Waals surface area contributed by atoms with Crippen molar-refractivity contribution in [2.24, 2.45) is 0 Å². The summed E-state index contributed by atoms with van der Waals surface area (Å²) in [6.45, 7) is 1.90. The maximum absolute atomic E-state index is 12.3. The molecule has 12 heteroatoms. The number of aliphatic hydroxyl groups is 1. The number of hydrogen-bond acceptors (Lipinski definition) is 10. The largest absolute Gasteiger partial charge is 0.392 e. The van der Waals surface area contributed by atoms with Gasteiger partial charge in [-0.05, 0) is 36.6 Å². The molecule has 0 saturated carbocycles. The van der Waals surface area contributed by atoms with E-state index >= 15 is 0 Å². The molecule has 4 rings (SSSR count). The van der Waals surface area contributed by atoms with Crippen LogP contribution < -0.4 is 10.8 Å². The van der Waals surface area contributed by atoms with Gasteiger partial charge in [0.15, 0.2) is 10.6 Å². The Labute approximate surface area is 228 Å². The van der Waals surface area contributed by atoms with Crippen LogP contribution in [0.2, 0.25) is 0 Å². The van der Waals surface area contributed by atoms with E-state index in [1.54, 1.807) is 34.6 Å². The number of carbonyl (C=O) groups excluding carboxylic acids is 2. The first kappa shape index (κ1) is 28.1. The van der Waals surface area contributed by atoms with Gasteiger partial charge < -0.3 is 19.9 Å². The smallest absolute Gasteiger partial charge is 0.243 e. The normalized spacial score (nSPS) is 19.2. The molecule has 10 nitrogen and oxygen atoms in total. The molecule has 0 bridgehead atoms. The van der Waals surface area contributed by atoms with Gasteiger partial charge in [-0.2, -0.15) is 0 Å². The van der Waals surface area contributed by atoms with Gasteiger partial charge in [-0.3, -0.25) is 14.8 Å². The predicted octanol–water partition coefficient (Wildman–Crippen LogP) is 4.29. The molecular formula is C26H30N4O6S2. The van der Waals surface area contributed by atoms with E-state index in [0.717, 1.165) is 26.0 Å². The molecule has 3 unspecified atom stereocenters. The van der Waals surface area contributed by atoms with Crippen molar-refractivity contribution in [2.45, 2.75) is 62.1 Å². The van der Waals surface area contributed by atoms with Crippen LogP contribution in [-0.2, 0) is 25.7 Å². The van der Waals surface area contributed by atoms with Crippen LogP contribution in [0.1, 0.15) is 59.8 Å². The number of carbonyl (C=O) groups is 2. The highest BCUT2D eigenvalue weighted by molar-refractivity contribution is 8.01. The van der Waals surface area contributed by atoms with Gasteiger partial charge in [-0.1, -0.05) is 59.5 Å². The van der Waals surface area contributed by atoms with Crippen LogP contribution in [0, 0.1) is 6.92 Å². The summed E-state index contributed by atoms with van der Waals surface area (Å²) in [4.78, 5) is 23.5. The molecule has 1 aromatic heterocycles. The number of aliphatic hydroxyl groups excluding tert-OH is 1. The van der Waals surface area contributed by atoms with E-state index in [2.05, 4.69) is 15.5 Å². The Morgan fingerprint density at radius 3 is 2.58 bits per heavy atom. The van der Waals surface area contributed by atoms with Crippen LogP contribution in [0.15, 0.2) is 52.9 Å². The Morgan fingerprint density at radius 2 is 1.87 bits per heavy atom. The second-order valence-corrected chi connectivity index (χ2v) is 11.3.